The van der Waals surface area contributed by atoms with Gasteiger partial charge in [-0.15, -0.1) is 0 Å². The molecule has 0 aliphatic heterocycles. The number of alkyl halides is 1. The summed E-state index contributed by atoms with van der Waals surface area (Å²) in [5.74, 6) is 1.17. The van der Waals surface area contributed by atoms with Crippen LogP contribution in [0.3, 0.4) is 0 Å². The van der Waals surface area contributed by atoms with Gasteiger partial charge in [-0.2, -0.15) is 0 Å². The fourth-order valence-corrected chi connectivity index (χ4v) is 3.23. The van der Waals surface area contributed by atoms with Crippen molar-refractivity contribution in [2.45, 2.75) is 36.9 Å². The van der Waals surface area contributed by atoms with Gasteiger partial charge in [-0.1, -0.05) is 40.9 Å². The van der Waals surface area contributed by atoms with Crippen LogP contribution in [-0.4, -0.2) is 9.93 Å². The highest BCUT2D eigenvalue weighted by atomic mass is 79.9. The second kappa shape index (κ2) is 5.02. The Bertz CT molecular complexity index is 307. The maximum absolute atomic E-state index is 9.20. The number of benzene rings is 1. The normalized spacial score (nSPS) is 26.5. The van der Waals surface area contributed by atoms with Gasteiger partial charge in [-0.25, -0.2) is 0 Å². The molecule has 1 nitrogen and oxygen atoms in total. The molecule has 1 N–H and O–H groups in total. The Hall–Kier alpha value is -0.500. The molecule has 2 unspecified atom stereocenters. The van der Waals surface area contributed by atoms with Gasteiger partial charge >= 0.3 is 0 Å². The lowest BCUT2D eigenvalue weighted by molar-refractivity contribution is 0.367. The van der Waals surface area contributed by atoms with E-state index in [2.05, 4.69) is 15.9 Å². The molecule has 0 aromatic heterocycles. The van der Waals surface area contributed by atoms with Gasteiger partial charge in [-0.3, -0.25) is 0 Å². The van der Waals surface area contributed by atoms with Crippen LogP contribution in [0.5, 0.6) is 5.75 Å². The van der Waals surface area contributed by atoms with E-state index in [4.69, 9.17) is 0 Å². The fourth-order valence-electron chi connectivity index (χ4n) is 2.38. The number of aromatic hydroxyl groups is 1. The average Bonchev–Trinajstić information content (AvgIpc) is 2.22. The number of rotatable bonds is 2. The first-order valence-electron chi connectivity index (χ1n) is 5.66. The monoisotopic (exact) mass is 268 g/mol. The number of halogens is 1. The quantitative estimate of drug-likeness (QED) is 0.807. The second-order valence-electron chi connectivity index (χ2n) is 4.50. The Balaban J connectivity index is 1.93. The van der Waals surface area contributed by atoms with E-state index in [0.717, 1.165) is 12.3 Å². The standard InChI is InChI=1S/C13H17BrO/c14-12-3-1-2-11(9-12)8-10-4-6-13(15)7-5-10/h4-7,11-12,15H,1-3,8-9H2. The van der Waals surface area contributed by atoms with Gasteiger partial charge in [0.15, 0.2) is 0 Å². The largest absolute Gasteiger partial charge is 0.508 e. The van der Waals surface area contributed by atoms with Crippen molar-refractivity contribution in [1.29, 1.82) is 0 Å². The molecule has 0 spiro atoms. The van der Waals surface area contributed by atoms with Crippen LogP contribution in [0.15, 0.2) is 24.3 Å². The molecular formula is C13H17BrO. The summed E-state index contributed by atoms with van der Waals surface area (Å²) in [5.41, 5.74) is 1.35. The third-order valence-electron chi connectivity index (χ3n) is 3.18. The summed E-state index contributed by atoms with van der Waals surface area (Å²) < 4.78 is 0. The van der Waals surface area contributed by atoms with Crippen molar-refractivity contribution in [3.8, 4) is 5.75 Å². The van der Waals surface area contributed by atoms with Crippen molar-refractivity contribution in [2.75, 3.05) is 0 Å². The van der Waals surface area contributed by atoms with Gasteiger partial charge in [0.05, 0.1) is 0 Å². The van der Waals surface area contributed by atoms with E-state index in [1.165, 1.54) is 31.2 Å². The van der Waals surface area contributed by atoms with Crippen LogP contribution in [0, 0.1) is 5.92 Å². The molecule has 1 aliphatic carbocycles. The third kappa shape index (κ3) is 3.23. The van der Waals surface area contributed by atoms with Gasteiger partial charge in [-0.05, 0) is 42.9 Å². The maximum Gasteiger partial charge on any atom is 0.115 e. The summed E-state index contributed by atoms with van der Waals surface area (Å²) in [4.78, 5) is 0.716. The first kappa shape index (κ1) is 11.0. The second-order valence-corrected chi connectivity index (χ2v) is 5.80. The lowest BCUT2D eigenvalue weighted by atomic mass is 9.85. The third-order valence-corrected chi connectivity index (χ3v) is 4.01. The molecule has 1 fully saturated rings. The Kier molecular flexibility index (Phi) is 3.68. The van der Waals surface area contributed by atoms with Gasteiger partial charge in [0.25, 0.3) is 0 Å². The highest BCUT2D eigenvalue weighted by Gasteiger charge is 2.19. The molecule has 1 aliphatic rings. The molecule has 0 amide bonds. The number of hydrogen-bond acceptors (Lipinski definition) is 1. The van der Waals surface area contributed by atoms with Crippen molar-refractivity contribution >= 4 is 15.9 Å². The molecular weight excluding hydrogens is 252 g/mol. The molecule has 0 heterocycles. The molecule has 0 radical (unpaired) electrons. The lowest BCUT2D eigenvalue weighted by Crippen LogP contribution is -2.16. The van der Waals surface area contributed by atoms with Crippen LogP contribution in [0.4, 0.5) is 0 Å². The van der Waals surface area contributed by atoms with E-state index in [0.29, 0.717) is 10.6 Å². The first-order valence-corrected chi connectivity index (χ1v) is 6.57. The smallest absolute Gasteiger partial charge is 0.115 e. The minimum atomic E-state index is 0.362. The molecule has 1 aromatic carbocycles. The van der Waals surface area contributed by atoms with E-state index in [-0.39, 0.29) is 0 Å². The number of hydrogen-bond donors (Lipinski definition) is 1. The van der Waals surface area contributed by atoms with Crippen LogP contribution in [0.2, 0.25) is 0 Å². The molecule has 0 saturated heterocycles. The summed E-state index contributed by atoms with van der Waals surface area (Å²) in [7, 11) is 0. The van der Waals surface area contributed by atoms with Crippen LogP contribution < -0.4 is 0 Å². The van der Waals surface area contributed by atoms with Crippen LogP contribution >= 0.6 is 15.9 Å². The maximum atomic E-state index is 9.20. The van der Waals surface area contributed by atoms with Crippen molar-refractivity contribution in [1.82, 2.24) is 0 Å². The molecule has 82 valence electrons. The summed E-state index contributed by atoms with van der Waals surface area (Å²) in [5, 5.41) is 9.20. The zero-order valence-corrected chi connectivity index (χ0v) is 10.4. The predicted molar refractivity (Wildman–Crippen MR) is 66.5 cm³/mol. The van der Waals surface area contributed by atoms with E-state index in [1.807, 2.05) is 12.1 Å². The molecule has 1 saturated carbocycles. The topological polar surface area (TPSA) is 20.2 Å². The fraction of sp³-hybridized carbons (Fsp3) is 0.538. The predicted octanol–water partition coefficient (Wildman–Crippen LogP) is 3.89. The highest BCUT2D eigenvalue weighted by molar-refractivity contribution is 9.09. The average molecular weight is 269 g/mol. The Morgan fingerprint density at radius 1 is 1.20 bits per heavy atom. The molecule has 2 atom stereocenters. The Morgan fingerprint density at radius 3 is 2.60 bits per heavy atom. The Labute approximate surface area is 99.6 Å². The van der Waals surface area contributed by atoms with Gasteiger partial charge in [0, 0.05) is 4.83 Å². The molecule has 2 rings (SSSR count). The minimum absolute atomic E-state index is 0.362. The minimum Gasteiger partial charge on any atom is -0.508 e. The van der Waals surface area contributed by atoms with Crippen LogP contribution in [-0.2, 0) is 6.42 Å². The van der Waals surface area contributed by atoms with E-state index in [9.17, 15) is 5.11 Å². The van der Waals surface area contributed by atoms with Gasteiger partial charge in [0.1, 0.15) is 5.75 Å². The van der Waals surface area contributed by atoms with Crippen molar-refractivity contribution in [3.63, 3.8) is 0 Å². The number of phenolic OH excluding ortho intramolecular Hbond substituents is 1. The molecule has 15 heavy (non-hydrogen) atoms. The van der Waals surface area contributed by atoms with Gasteiger partial charge < -0.3 is 5.11 Å². The summed E-state index contributed by atoms with van der Waals surface area (Å²) in [6, 6.07) is 7.63. The molecule has 1 aromatic rings. The SMILES string of the molecule is Oc1ccc(CC2CCCC(Br)C2)cc1. The van der Waals surface area contributed by atoms with Crippen LogP contribution in [0.25, 0.3) is 0 Å². The zero-order chi connectivity index (χ0) is 10.7. The molecule has 0 bridgehead atoms. The van der Waals surface area contributed by atoms with E-state index >= 15 is 0 Å². The van der Waals surface area contributed by atoms with E-state index in [1.54, 1.807) is 12.1 Å². The summed E-state index contributed by atoms with van der Waals surface area (Å²) in [6.45, 7) is 0. The summed E-state index contributed by atoms with van der Waals surface area (Å²) in [6.07, 6.45) is 6.47. The number of phenols is 1. The van der Waals surface area contributed by atoms with Crippen molar-refractivity contribution in [3.05, 3.63) is 29.8 Å². The molecule has 2 heteroatoms. The highest BCUT2D eigenvalue weighted by Crippen LogP contribution is 2.31. The zero-order valence-electron chi connectivity index (χ0n) is 8.82. The van der Waals surface area contributed by atoms with E-state index < -0.39 is 0 Å². The Morgan fingerprint density at radius 2 is 1.93 bits per heavy atom. The van der Waals surface area contributed by atoms with Crippen LogP contribution in [0.1, 0.15) is 31.2 Å². The first-order chi connectivity index (χ1) is 7.24. The van der Waals surface area contributed by atoms with Gasteiger partial charge in [0.2, 0.25) is 0 Å². The summed E-state index contributed by atoms with van der Waals surface area (Å²) >= 11 is 3.71. The van der Waals surface area contributed by atoms with Crippen molar-refractivity contribution < 1.29 is 5.11 Å². The lowest BCUT2D eigenvalue weighted by Gasteiger charge is -2.25. The van der Waals surface area contributed by atoms with Crippen molar-refractivity contribution in [2.24, 2.45) is 5.92 Å².